The van der Waals surface area contributed by atoms with Crippen LogP contribution in [0.1, 0.15) is 27.2 Å². The smallest absolute Gasteiger partial charge is 0.0336 e. The van der Waals surface area contributed by atoms with Gasteiger partial charge in [0.15, 0.2) is 0 Å². The minimum atomic E-state index is 0.302. The summed E-state index contributed by atoms with van der Waals surface area (Å²) in [6.45, 7) is 14.7. The Labute approximate surface area is 98.7 Å². The molecule has 1 atom stereocenters. The summed E-state index contributed by atoms with van der Waals surface area (Å²) < 4.78 is 0. The first kappa shape index (κ1) is 13.0. The van der Waals surface area contributed by atoms with Gasteiger partial charge in [-0.25, -0.2) is 0 Å². The van der Waals surface area contributed by atoms with E-state index in [0.717, 1.165) is 31.2 Å². The molecule has 1 unspecified atom stereocenters. The van der Waals surface area contributed by atoms with Crippen LogP contribution in [0, 0.1) is 5.41 Å². The third-order valence-corrected chi connectivity index (χ3v) is 3.04. The summed E-state index contributed by atoms with van der Waals surface area (Å²) >= 11 is 5.87. The molecular weight excluding hydrogens is 208 g/mol. The van der Waals surface area contributed by atoms with E-state index in [9.17, 15) is 0 Å². The van der Waals surface area contributed by atoms with Crippen molar-refractivity contribution in [3.8, 4) is 0 Å². The third kappa shape index (κ3) is 4.54. The first-order valence-electron chi connectivity index (χ1n) is 5.68. The minimum absolute atomic E-state index is 0.302. The highest BCUT2D eigenvalue weighted by molar-refractivity contribution is 6.29. The fraction of sp³-hybridized carbons (Fsp3) is 0.833. The van der Waals surface area contributed by atoms with Crippen LogP contribution in [0.25, 0.3) is 0 Å². The monoisotopic (exact) mass is 230 g/mol. The Kier molecular flexibility index (Phi) is 4.63. The van der Waals surface area contributed by atoms with Crippen LogP contribution >= 0.6 is 11.6 Å². The van der Waals surface area contributed by atoms with Crippen LogP contribution in [-0.2, 0) is 0 Å². The Bertz CT molecular complexity index is 220. The summed E-state index contributed by atoms with van der Waals surface area (Å²) in [5, 5.41) is 4.35. The maximum atomic E-state index is 5.87. The minimum Gasteiger partial charge on any atom is -0.312 e. The van der Waals surface area contributed by atoms with Crippen LogP contribution < -0.4 is 5.32 Å². The van der Waals surface area contributed by atoms with Crippen molar-refractivity contribution in [1.82, 2.24) is 10.2 Å². The molecule has 1 aliphatic heterocycles. The van der Waals surface area contributed by atoms with E-state index in [-0.39, 0.29) is 0 Å². The van der Waals surface area contributed by atoms with E-state index in [1.165, 1.54) is 6.42 Å². The molecule has 1 fully saturated rings. The van der Waals surface area contributed by atoms with Gasteiger partial charge in [0, 0.05) is 24.2 Å². The van der Waals surface area contributed by atoms with E-state index >= 15 is 0 Å². The second-order valence-corrected chi connectivity index (χ2v) is 6.01. The number of nitrogens with zero attached hydrogens (tertiary/aromatic N) is 1. The van der Waals surface area contributed by atoms with Gasteiger partial charge in [-0.15, -0.1) is 0 Å². The van der Waals surface area contributed by atoms with Gasteiger partial charge in [0.2, 0.25) is 0 Å². The maximum absolute atomic E-state index is 5.87. The van der Waals surface area contributed by atoms with E-state index in [4.69, 9.17) is 11.6 Å². The van der Waals surface area contributed by atoms with Crippen molar-refractivity contribution < 1.29 is 0 Å². The zero-order chi connectivity index (χ0) is 11.5. The first-order chi connectivity index (χ1) is 6.89. The highest BCUT2D eigenvalue weighted by Gasteiger charge is 2.27. The lowest BCUT2D eigenvalue weighted by Crippen LogP contribution is -2.46. The van der Waals surface area contributed by atoms with Crippen molar-refractivity contribution in [3.05, 3.63) is 11.6 Å². The van der Waals surface area contributed by atoms with Crippen LogP contribution in [0.5, 0.6) is 0 Å². The second kappa shape index (κ2) is 5.33. The molecular formula is C12H23ClN2. The SMILES string of the molecule is C=C(Cl)CN1CCCNC(C(C)(C)C)C1. The Morgan fingerprint density at radius 1 is 1.53 bits per heavy atom. The molecule has 0 aliphatic carbocycles. The Morgan fingerprint density at radius 3 is 2.73 bits per heavy atom. The molecule has 1 rings (SSSR count). The number of halogens is 1. The van der Waals surface area contributed by atoms with Crippen LogP contribution in [0.4, 0.5) is 0 Å². The first-order valence-corrected chi connectivity index (χ1v) is 6.06. The molecule has 0 aromatic carbocycles. The third-order valence-electron chi connectivity index (χ3n) is 2.92. The fourth-order valence-corrected chi connectivity index (χ4v) is 2.13. The van der Waals surface area contributed by atoms with Crippen molar-refractivity contribution in [1.29, 1.82) is 0 Å². The number of rotatable bonds is 2. The van der Waals surface area contributed by atoms with Gasteiger partial charge in [-0.05, 0) is 24.9 Å². The average Bonchev–Trinajstić information content (AvgIpc) is 2.27. The van der Waals surface area contributed by atoms with E-state index in [1.54, 1.807) is 0 Å². The van der Waals surface area contributed by atoms with E-state index < -0.39 is 0 Å². The predicted molar refractivity (Wildman–Crippen MR) is 67.3 cm³/mol. The standard InChI is InChI=1S/C12H23ClN2/c1-10(13)8-15-7-5-6-14-11(9-15)12(2,3)4/h11,14H,1,5-9H2,2-4H3. The lowest BCUT2D eigenvalue weighted by Gasteiger charge is -2.33. The van der Waals surface area contributed by atoms with E-state index in [2.05, 4.69) is 37.6 Å². The predicted octanol–water partition coefficient (Wildman–Crippen LogP) is 2.45. The van der Waals surface area contributed by atoms with Crippen molar-refractivity contribution >= 4 is 11.6 Å². The van der Waals surface area contributed by atoms with Gasteiger partial charge in [-0.2, -0.15) is 0 Å². The highest BCUT2D eigenvalue weighted by atomic mass is 35.5. The van der Waals surface area contributed by atoms with Crippen LogP contribution in [0.2, 0.25) is 0 Å². The Hall–Kier alpha value is -0.0500. The number of nitrogens with one attached hydrogen (secondary N) is 1. The normalized spacial score (nSPS) is 24.9. The summed E-state index contributed by atoms with van der Waals surface area (Å²) in [7, 11) is 0. The molecule has 0 aromatic heterocycles. The van der Waals surface area contributed by atoms with E-state index in [1.807, 2.05) is 0 Å². The summed E-state index contributed by atoms with van der Waals surface area (Å²) in [5.74, 6) is 0. The largest absolute Gasteiger partial charge is 0.312 e. The van der Waals surface area contributed by atoms with Gasteiger partial charge >= 0.3 is 0 Å². The van der Waals surface area contributed by atoms with Gasteiger partial charge in [0.05, 0.1) is 0 Å². The molecule has 0 bridgehead atoms. The Balaban J connectivity index is 2.57. The van der Waals surface area contributed by atoms with Gasteiger partial charge in [-0.1, -0.05) is 39.0 Å². The molecule has 1 heterocycles. The number of hydrogen-bond acceptors (Lipinski definition) is 2. The van der Waals surface area contributed by atoms with Crippen molar-refractivity contribution in [2.45, 2.75) is 33.2 Å². The Morgan fingerprint density at radius 2 is 2.20 bits per heavy atom. The van der Waals surface area contributed by atoms with Crippen LogP contribution in [-0.4, -0.2) is 37.1 Å². The molecule has 88 valence electrons. The molecule has 0 amide bonds. The van der Waals surface area contributed by atoms with Crippen molar-refractivity contribution in [3.63, 3.8) is 0 Å². The lowest BCUT2D eigenvalue weighted by atomic mass is 9.86. The molecule has 0 saturated carbocycles. The van der Waals surface area contributed by atoms with Gasteiger partial charge in [0.1, 0.15) is 0 Å². The molecule has 1 N–H and O–H groups in total. The fourth-order valence-electron chi connectivity index (χ4n) is 1.96. The highest BCUT2D eigenvalue weighted by Crippen LogP contribution is 2.22. The molecule has 1 saturated heterocycles. The molecule has 15 heavy (non-hydrogen) atoms. The van der Waals surface area contributed by atoms with E-state index in [0.29, 0.717) is 11.5 Å². The molecule has 1 aliphatic rings. The average molecular weight is 231 g/mol. The quantitative estimate of drug-likeness (QED) is 0.784. The van der Waals surface area contributed by atoms with Gasteiger partial charge in [0.25, 0.3) is 0 Å². The summed E-state index contributed by atoms with van der Waals surface area (Å²) in [6, 6.07) is 0.538. The molecule has 3 heteroatoms. The van der Waals surface area contributed by atoms with Gasteiger partial charge < -0.3 is 5.32 Å². The lowest BCUT2D eigenvalue weighted by molar-refractivity contribution is 0.208. The molecule has 2 nitrogen and oxygen atoms in total. The second-order valence-electron chi connectivity index (χ2n) is 5.48. The summed E-state index contributed by atoms with van der Waals surface area (Å²) in [6.07, 6.45) is 1.19. The maximum Gasteiger partial charge on any atom is 0.0336 e. The topological polar surface area (TPSA) is 15.3 Å². The summed E-state index contributed by atoms with van der Waals surface area (Å²) in [4.78, 5) is 2.39. The van der Waals surface area contributed by atoms with Crippen molar-refractivity contribution in [2.75, 3.05) is 26.2 Å². The van der Waals surface area contributed by atoms with Crippen LogP contribution in [0.15, 0.2) is 11.6 Å². The van der Waals surface area contributed by atoms with Crippen molar-refractivity contribution in [2.24, 2.45) is 5.41 Å². The molecule has 0 radical (unpaired) electrons. The number of hydrogen-bond donors (Lipinski definition) is 1. The summed E-state index contributed by atoms with van der Waals surface area (Å²) in [5.41, 5.74) is 0.302. The zero-order valence-corrected chi connectivity index (χ0v) is 10.9. The molecule has 0 spiro atoms. The zero-order valence-electron chi connectivity index (χ0n) is 10.1. The van der Waals surface area contributed by atoms with Gasteiger partial charge in [-0.3, -0.25) is 4.90 Å². The molecule has 0 aromatic rings. The van der Waals surface area contributed by atoms with Crippen LogP contribution in [0.3, 0.4) is 0 Å².